The Labute approximate surface area is 92.7 Å². The number of hydrogen-bond donors (Lipinski definition) is 2. The maximum absolute atomic E-state index is 10.9. The first kappa shape index (κ1) is 13.1. The molecular formula is C8H17IN2O2. The van der Waals surface area contributed by atoms with Gasteiger partial charge in [-0.2, -0.15) is 0 Å². The van der Waals surface area contributed by atoms with Crippen molar-refractivity contribution < 1.29 is 9.53 Å². The molecule has 0 aromatic rings. The van der Waals surface area contributed by atoms with E-state index in [0.29, 0.717) is 11.0 Å². The summed E-state index contributed by atoms with van der Waals surface area (Å²) >= 11 is 2.03. The number of carbonyl (C=O) groups is 1. The topological polar surface area (TPSA) is 64.3 Å². The Hall–Kier alpha value is 0.120. The fourth-order valence-corrected chi connectivity index (χ4v) is 1.12. The lowest BCUT2D eigenvalue weighted by Gasteiger charge is -2.24. The number of amides is 1. The molecule has 0 fully saturated rings. The standard InChI is InChI=1S/C8H17IN2O2/c1-8(2,13-6-10)3-4-11-7(12)5-9/h3-6,10H2,1-2H3,(H,11,12). The van der Waals surface area contributed by atoms with Crippen LogP contribution in [0.5, 0.6) is 0 Å². The lowest BCUT2D eigenvalue weighted by atomic mass is 10.1. The largest absolute Gasteiger partial charge is 0.361 e. The van der Waals surface area contributed by atoms with Crippen LogP contribution >= 0.6 is 22.6 Å². The molecule has 13 heavy (non-hydrogen) atoms. The van der Waals surface area contributed by atoms with Crippen molar-refractivity contribution in [1.82, 2.24) is 5.32 Å². The van der Waals surface area contributed by atoms with Crippen LogP contribution in [0.1, 0.15) is 20.3 Å². The molecule has 0 atom stereocenters. The number of ether oxygens (including phenoxy) is 1. The molecule has 78 valence electrons. The summed E-state index contributed by atoms with van der Waals surface area (Å²) in [7, 11) is 0. The minimum Gasteiger partial charge on any atom is -0.361 e. The summed E-state index contributed by atoms with van der Waals surface area (Å²) in [4.78, 5) is 10.9. The van der Waals surface area contributed by atoms with Gasteiger partial charge >= 0.3 is 0 Å². The van der Waals surface area contributed by atoms with E-state index in [4.69, 9.17) is 10.5 Å². The van der Waals surface area contributed by atoms with Crippen molar-refractivity contribution in [1.29, 1.82) is 0 Å². The smallest absolute Gasteiger partial charge is 0.229 e. The molecule has 0 spiro atoms. The highest BCUT2D eigenvalue weighted by Gasteiger charge is 2.17. The number of rotatable bonds is 6. The van der Waals surface area contributed by atoms with E-state index in [1.165, 1.54) is 0 Å². The third kappa shape index (κ3) is 7.21. The summed E-state index contributed by atoms with van der Waals surface area (Å²) in [5.74, 6) is 0.0594. The minimum absolute atomic E-state index is 0.0594. The molecular weight excluding hydrogens is 283 g/mol. The van der Waals surface area contributed by atoms with E-state index >= 15 is 0 Å². The van der Waals surface area contributed by atoms with E-state index in [0.717, 1.165) is 6.42 Å². The molecule has 0 saturated heterocycles. The molecule has 1 amide bonds. The van der Waals surface area contributed by atoms with E-state index < -0.39 is 0 Å². The quantitative estimate of drug-likeness (QED) is 0.430. The van der Waals surface area contributed by atoms with Gasteiger partial charge in [0.05, 0.1) is 16.8 Å². The first-order valence-corrected chi connectivity index (χ1v) is 5.71. The van der Waals surface area contributed by atoms with Crippen LogP contribution in [0.15, 0.2) is 0 Å². The molecule has 0 aromatic heterocycles. The maximum Gasteiger partial charge on any atom is 0.229 e. The second kappa shape index (κ2) is 6.56. The molecule has 0 radical (unpaired) electrons. The van der Waals surface area contributed by atoms with E-state index in [1.807, 2.05) is 36.4 Å². The lowest BCUT2D eigenvalue weighted by molar-refractivity contribution is -0.118. The number of halogens is 1. The van der Waals surface area contributed by atoms with Crippen molar-refractivity contribution >= 4 is 28.5 Å². The highest BCUT2D eigenvalue weighted by Crippen LogP contribution is 2.11. The van der Waals surface area contributed by atoms with Gasteiger partial charge in [-0.05, 0) is 20.3 Å². The van der Waals surface area contributed by atoms with Gasteiger partial charge in [0.25, 0.3) is 0 Å². The molecule has 4 nitrogen and oxygen atoms in total. The number of carbonyl (C=O) groups excluding carboxylic acids is 1. The van der Waals surface area contributed by atoms with Gasteiger partial charge in [-0.3, -0.25) is 4.79 Å². The summed E-state index contributed by atoms with van der Waals surface area (Å²) in [5.41, 5.74) is 5.00. The Morgan fingerprint density at radius 1 is 1.62 bits per heavy atom. The van der Waals surface area contributed by atoms with E-state index in [-0.39, 0.29) is 18.2 Å². The predicted octanol–water partition coefficient (Wildman–Crippen LogP) is 0.639. The van der Waals surface area contributed by atoms with Crippen LogP contribution in [0.25, 0.3) is 0 Å². The molecule has 0 aliphatic carbocycles. The van der Waals surface area contributed by atoms with Crippen LogP contribution in [0.3, 0.4) is 0 Å². The number of nitrogens with two attached hydrogens (primary N) is 1. The van der Waals surface area contributed by atoms with Crippen LogP contribution in [0.4, 0.5) is 0 Å². The van der Waals surface area contributed by atoms with Gasteiger partial charge in [-0.15, -0.1) is 0 Å². The molecule has 0 rings (SSSR count). The fraction of sp³-hybridized carbons (Fsp3) is 0.875. The average molecular weight is 300 g/mol. The number of hydrogen-bond acceptors (Lipinski definition) is 3. The van der Waals surface area contributed by atoms with E-state index in [1.54, 1.807) is 0 Å². The van der Waals surface area contributed by atoms with Crippen molar-refractivity contribution in [2.45, 2.75) is 25.9 Å². The van der Waals surface area contributed by atoms with E-state index in [9.17, 15) is 4.79 Å². The van der Waals surface area contributed by atoms with Gasteiger partial charge in [0.1, 0.15) is 0 Å². The molecule has 0 unspecified atom stereocenters. The highest BCUT2D eigenvalue weighted by molar-refractivity contribution is 14.1. The normalized spacial score (nSPS) is 11.4. The summed E-state index contributed by atoms with van der Waals surface area (Å²) in [6, 6.07) is 0. The van der Waals surface area contributed by atoms with Gasteiger partial charge in [-0.25, -0.2) is 0 Å². The Morgan fingerprint density at radius 2 is 2.23 bits per heavy atom. The maximum atomic E-state index is 10.9. The monoisotopic (exact) mass is 300 g/mol. The summed E-state index contributed by atoms with van der Waals surface area (Å²) in [5, 5.41) is 2.78. The van der Waals surface area contributed by atoms with Crippen molar-refractivity contribution in [2.24, 2.45) is 5.73 Å². The fourth-order valence-electron chi connectivity index (χ4n) is 0.848. The second-order valence-electron chi connectivity index (χ2n) is 3.30. The summed E-state index contributed by atoms with van der Waals surface area (Å²) in [6.45, 7) is 4.76. The first-order chi connectivity index (χ1) is 6.02. The molecule has 0 aromatic carbocycles. The molecule has 3 N–H and O–H groups in total. The Bertz CT molecular complexity index is 162. The van der Waals surface area contributed by atoms with E-state index in [2.05, 4.69) is 5.32 Å². The SMILES string of the molecule is CC(C)(CCNC(=O)CI)OCN. The average Bonchev–Trinajstić information content (AvgIpc) is 2.03. The molecule has 0 aliphatic heterocycles. The van der Waals surface area contributed by atoms with Crippen LogP contribution in [0.2, 0.25) is 0 Å². The number of alkyl halides is 1. The predicted molar refractivity (Wildman–Crippen MR) is 60.7 cm³/mol. The van der Waals surface area contributed by atoms with Gasteiger partial charge in [0.15, 0.2) is 0 Å². The molecule has 5 heteroatoms. The van der Waals surface area contributed by atoms with Crippen LogP contribution in [-0.2, 0) is 9.53 Å². The third-order valence-electron chi connectivity index (χ3n) is 1.64. The molecule has 0 heterocycles. The summed E-state index contributed by atoms with van der Waals surface area (Å²) in [6.07, 6.45) is 0.770. The van der Waals surface area contributed by atoms with Crippen LogP contribution in [-0.4, -0.2) is 29.2 Å². The zero-order valence-electron chi connectivity index (χ0n) is 8.10. The van der Waals surface area contributed by atoms with Crippen molar-refractivity contribution in [3.8, 4) is 0 Å². The minimum atomic E-state index is -0.257. The highest BCUT2D eigenvalue weighted by atomic mass is 127. The molecule has 0 saturated carbocycles. The van der Waals surface area contributed by atoms with Gasteiger partial charge in [-0.1, -0.05) is 22.6 Å². The number of nitrogens with one attached hydrogen (secondary N) is 1. The van der Waals surface area contributed by atoms with Crippen LogP contribution in [0, 0.1) is 0 Å². The first-order valence-electron chi connectivity index (χ1n) is 4.18. The molecule has 0 bridgehead atoms. The Morgan fingerprint density at radius 3 is 2.69 bits per heavy atom. The zero-order valence-corrected chi connectivity index (χ0v) is 10.3. The zero-order chi connectivity index (χ0) is 10.3. The van der Waals surface area contributed by atoms with Crippen molar-refractivity contribution in [2.75, 3.05) is 17.7 Å². The molecule has 0 aliphatic rings. The van der Waals surface area contributed by atoms with Gasteiger partial charge in [0, 0.05) is 6.54 Å². The van der Waals surface area contributed by atoms with Crippen molar-refractivity contribution in [3.63, 3.8) is 0 Å². The Balaban J connectivity index is 3.56. The van der Waals surface area contributed by atoms with Crippen LogP contribution < -0.4 is 11.1 Å². The lowest BCUT2D eigenvalue weighted by Crippen LogP contribution is -2.34. The van der Waals surface area contributed by atoms with Gasteiger partial charge < -0.3 is 15.8 Å². The van der Waals surface area contributed by atoms with Gasteiger partial charge in [0.2, 0.25) is 5.91 Å². The Kier molecular flexibility index (Phi) is 6.62. The summed E-state index contributed by atoms with van der Waals surface area (Å²) < 4.78 is 5.77. The van der Waals surface area contributed by atoms with Crippen molar-refractivity contribution in [3.05, 3.63) is 0 Å². The third-order valence-corrected chi connectivity index (χ3v) is 2.34. The second-order valence-corrected chi connectivity index (χ2v) is 4.07.